The van der Waals surface area contributed by atoms with Crippen molar-refractivity contribution in [1.29, 1.82) is 0 Å². The Morgan fingerprint density at radius 3 is 2.07 bits per heavy atom. The van der Waals surface area contributed by atoms with E-state index in [0.29, 0.717) is 6.34 Å². The van der Waals surface area contributed by atoms with Gasteiger partial charge in [-0.1, -0.05) is 0 Å². The number of hydrogen-bond acceptors (Lipinski definition) is 2. The third-order valence-corrected chi connectivity index (χ3v) is 1.84. The van der Waals surface area contributed by atoms with Crippen molar-refractivity contribution in [3.8, 4) is 0 Å². The highest BCUT2D eigenvalue weighted by Gasteiger charge is 2.60. The summed E-state index contributed by atoms with van der Waals surface area (Å²) in [5.41, 5.74) is -2.98. The summed E-state index contributed by atoms with van der Waals surface area (Å²) in [7, 11) is 0. The maximum atomic E-state index is 12.3. The van der Waals surface area contributed by atoms with Gasteiger partial charge < -0.3 is 5.32 Å². The second-order valence-electron chi connectivity index (χ2n) is 2.99. The van der Waals surface area contributed by atoms with Gasteiger partial charge in [0.1, 0.15) is 0 Å². The van der Waals surface area contributed by atoms with Gasteiger partial charge in [-0.15, -0.1) is 0 Å². The molecule has 0 aromatic heterocycles. The fraction of sp³-hybridized carbons (Fsp3) is 0.833. The molecule has 0 saturated carbocycles. The Labute approximate surface area is 75.0 Å². The van der Waals surface area contributed by atoms with E-state index in [-0.39, 0.29) is 0 Å². The maximum absolute atomic E-state index is 12.3. The van der Waals surface area contributed by atoms with Crippen LogP contribution in [0.2, 0.25) is 0 Å². The molecule has 1 unspecified atom stereocenters. The molecule has 0 aromatic carbocycles. The van der Waals surface area contributed by atoms with Gasteiger partial charge in [0.15, 0.2) is 5.54 Å². The first-order chi connectivity index (χ1) is 6.16. The normalized spacial score (nSPS) is 27.9. The smallest absolute Gasteiger partial charge is 0.361 e. The van der Waals surface area contributed by atoms with E-state index in [1.165, 1.54) is 0 Å². The highest BCUT2D eigenvalue weighted by Crippen LogP contribution is 2.40. The number of hydrogen-bond donors (Lipinski definition) is 1. The molecule has 1 aliphatic rings. The number of aliphatic imine (C=N–C) groups is 1. The van der Waals surface area contributed by atoms with Crippen LogP contribution in [0.5, 0.6) is 0 Å². The minimum Gasteiger partial charge on any atom is -0.361 e. The fourth-order valence-corrected chi connectivity index (χ4v) is 1.14. The van der Waals surface area contributed by atoms with Crippen LogP contribution in [0.15, 0.2) is 4.99 Å². The van der Waals surface area contributed by atoms with E-state index in [0.717, 1.165) is 0 Å². The Morgan fingerprint density at radius 1 is 1.21 bits per heavy atom. The van der Waals surface area contributed by atoms with Crippen LogP contribution < -0.4 is 5.32 Å². The Balaban J connectivity index is 2.85. The fourth-order valence-electron chi connectivity index (χ4n) is 1.14. The van der Waals surface area contributed by atoms with Gasteiger partial charge in [0, 0.05) is 0 Å². The predicted octanol–water partition coefficient (Wildman–Crippen LogP) is 1.87. The van der Waals surface area contributed by atoms with Gasteiger partial charge >= 0.3 is 12.4 Å². The van der Waals surface area contributed by atoms with Crippen molar-refractivity contribution < 1.29 is 26.3 Å². The average Bonchev–Trinajstić information content (AvgIpc) is 2.31. The van der Waals surface area contributed by atoms with Crippen molar-refractivity contribution in [2.45, 2.75) is 24.3 Å². The van der Waals surface area contributed by atoms with Gasteiger partial charge in [-0.2, -0.15) is 26.3 Å². The molecule has 0 saturated heterocycles. The first-order valence-electron chi connectivity index (χ1n) is 3.56. The molecule has 82 valence electrons. The molecular weight excluding hydrogens is 214 g/mol. The monoisotopic (exact) mass is 220 g/mol. The second-order valence-corrected chi connectivity index (χ2v) is 2.99. The number of alkyl halides is 6. The molecule has 2 nitrogen and oxygen atoms in total. The molecule has 0 fully saturated rings. The van der Waals surface area contributed by atoms with Gasteiger partial charge in [0.25, 0.3) is 0 Å². The molecule has 1 N–H and O–H groups in total. The summed E-state index contributed by atoms with van der Waals surface area (Å²) in [6, 6.07) is 0. The molecule has 0 spiro atoms. The van der Waals surface area contributed by atoms with Crippen LogP contribution >= 0.6 is 0 Å². The van der Waals surface area contributed by atoms with Crippen molar-refractivity contribution in [1.82, 2.24) is 5.32 Å². The van der Waals surface area contributed by atoms with Gasteiger partial charge in [-0.3, -0.25) is 4.99 Å². The molecule has 1 atom stereocenters. The number of rotatable bonds is 1. The van der Waals surface area contributed by atoms with Crippen molar-refractivity contribution in [3.05, 3.63) is 0 Å². The van der Waals surface area contributed by atoms with E-state index < -0.39 is 30.9 Å². The molecule has 0 amide bonds. The molecule has 0 radical (unpaired) electrons. The SMILES string of the molecule is FC(F)(F)CC1(C(F)(F)F)CN=CN1. The third kappa shape index (κ3) is 2.10. The minimum atomic E-state index is -4.97. The molecule has 1 aliphatic heterocycles. The zero-order valence-electron chi connectivity index (χ0n) is 6.71. The summed E-state index contributed by atoms with van der Waals surface area (Å²) in [6.45, 7) is -0.935. The second kappa shape index (κ2) is 3.03. The van der Waals surface area contributed by atoms with Crippen molar-refractivity contribution in [3.63, 3.8) is 0 Å². The lowest BCUT2D eigenvalue weighted by atomic mass is 9.95. The molecule has 0 aliphatic carbocycles. The number of nitrogens with one attached hydrogen (secondary N) is 1. The largest absolute Gasteiger partial charge is 0.413 e. The van der Waals surface area contributed by atoms with Crippen molar-refractivity contribution in [2.75, 3.05) is 6.54 Å². The first kappa shape index (κ1) is 11.1. The van der Waals surface area contributed by atoms with E-state index in [1.807, 2.05) is 0 Å². The van der Waals surface area contributed by atoms with Crippen LogP contribution in [0.3, 0.4) is 0 Å². The lowest BCUT2D eigenvalue weighted by molar-refractivity contribution is -0.229. The summed E-state index contributed by atoms with van der Waals surface area (Å²) >= 11 is 0. The van der Waals surface area contributed by atoms with E-state index in [2.05, 4.69) is 4.99 Å². The summed E-state index contributed by atoms with van der Waals surface area (Å²) in [4.78, 5) is 3.13. The average molecular weight is 220 g/mol. The number of halogens is 6. The summed E-state index contributed by atoms with van der Waals surface area (Å²) in [6.07, 6.45) is -11.2. The molecular formula is C6H6F6N2. The Morgan fingerprint density at radius 2 is 1.79 bits per heavy atom. The molecule has 0 aromatic rings. The standard InChI is InChI=1S/C6H6F6N2/c7-5(8,9)1-4(6(10,11)12)2-13-3-14-4/h3H,1-2H2,(H,13,14). The molecule has 8 heteroatoms. The summed E-state index contributed by atoms with van der Waals surface area (Å²) < 4.78 is 72.6. The predicted molar refractivity (Wildman–Crippen MR) is 36.0 cm³/mol. The zero-order chi connectivity index (χ0) is 11.0. The molecule has 1 heterocycles. The van der Waals surface area contributed by atoms with E-state index >= 15 is 0 Å². The van der Waals surface area contributed by atoms with E-state index in [1.54, 1.807) is 5.32 Å². The third-order valence-electron chi connectivity index (χ3n) is 1.84. The molecule has 1 rings (SSSR count). The molecule has 0 bridgehead atoms. The van der Waals surface area contributed by atoms with Gasteiger partial charge in [-0.25, -0.2) is 0 Å². The van der Waals surface area contributed by atoms with Crippen molar-refractivity contribution in [2.24, 2.45) is 4.99 Å². The summed E-state index contributed by atoms with van der Waals surface area (Å²) in [5, 5.41) is 1.63. The van der Waals surface area contributed by atoms with Crippen molar-refractivity contribution >= 4 is 6.34 Å². The highest BCUT2D eigenvalue weighted by atomic mass is 19.4. The quantitative estimate of drug-likeness (QED) is 0.670. The van der Waals surface area contributed by atoms with Crippen LogP contribution in [-0.2, 0) is 0 Å². The van der Waals surface area contributed by atoms with Gasteiger partial charge in [0.05, 0.1) is 19.3 Å². The lowest BCUT2D eigenvalue weighted by Gasteiger charge is -2.31. The van der Waals surface area contributed by atoms with Crippen LogP contribution in [0.4, 0.5) is 26.3 Å². The van der Waals surface area contributed by atoms with E-state index in [4.69, 9.17) is 0 Å². The minimum absolute atomic E-state index is 0.652. The maximum Gasteiger partial charge on any atom is 0.413 e. The Bertz CT molecular complexity index is 232. The van der Waals surface area contributed by atoms with Crippen LogP contribution in [0.25, 0.3) is 0 Å². The van der Waals surface area contributed by atoms with Crippen LogP contribution in [-0.4, -0.2) is 30.8 Å². The zero-order valence-corrected chi connectivity index (χ0v) is 6.71. The number of nitrogens with zero attached hydrogens (tertiary/aromatic N) is 1. The van der Waals surface area contributed by atoms with Crippen LogP contribution in [0, 0.1) is 0 Å². The molecule has 14 heavy (non-hydrogen) atoms. The van der Waals surface area contributed by atoms with E-state index in [9.17, 15) is 26.3 Å². The lowest BCUT2D eigenvalue weighted by Crippen LogP contribution is -2.58. The summed E-state index contributed by atoms with van der Waals surface area (Å²) in [5.74, 6) is 0. The van der Waals surface area contributed by atoms with Gasteiger partial charge in [-0.05, 0) is 0 Å². The highest BCUT2D eigenvalue weighted by molar-refractivity contribution is 5.59. The topological polar surface area (TPSA) is 24.4 Å². The Hall–Kier alpha value is -0.950. The Kier molecular flexibility index (Phi) is 2.41. The first-order valence-corrected chi connectivity index (χ1v) is 3.56. The van der Waals surface area contributed by atoms with Gasteiger partial charge in [0.2, 0.25) is 0 Å². The van der Waals surface area contributed by atoms with Crippen LogP contribution in [0.1, 0.15) is 6.42 Å².